The van der Waals surface area contributed by atoms with Crippen molar-refractivity contribution in [3.8, 4) is 0 Å². The molecule has 122 valence electrons. The molecule has 2 N–H and O–H groups in total. The van der Waals surface area contributed by atoms with Crippen LogP contribution in [0.1, 0.15) is 29.8 Å². The molecule has 3 rings (SSSR count). The second-order valence-electron chi connectivity index (χ2n) is 5.71. The topological polar surface area (TPSA) is 62.7 Å². The third-order valence-electron chi connectivity index (χ3n) is 3.69. The van der Waals surface area contributed by atoms with E-state index in [2.05, 4.69) is 44.6 Å². The van der Waals surface area contributed by atoms with Crippen molar-refractivity contribution in [2.45, 2.75) is 26.4 Å². The Morgan fingerprint density at radius 2 is 1.88 bits per heavy atom. The average molecular weight is 319 g/mol. The first kappa shape index (κ1) is 15.9. The molecule has 2 aromatic heterocycles. The third kappa shape index (κ3) is 4.29. The molecule has 5 nitrogen and oxygen atoms in total. The van der Waals surface area contributed by atoms with Gasteiger partial charge in [-0.05, 0) is 31.0 Å². The van der Waals surface area contributed by atoms with Crippen molar-refractivity contribution in [3.05, 3.63) is 77.7 Å². The van der Waals surface area contributed by atoms with Crippen molar-refractivity contribution in [3.63, 3.8) is 0 Å². The highest BCUT2D eigenvalue weighted by Gasteiger charge is 2.08. The first-order chi connectivity index (χ1) is 11.7. The summed E-state index contributed by atoms with van der Waals surface area (Å²) >= 11 is 0. The van der Waals surface area contributed by atoms with Gasteiger partial charge in [0, 0.05) is 36.7 Å². The zero-order chi connectivity index (χ0) is 16.8. The van der Waals surface area contributed by atoms with Crippen LogP contribution in [0.4, 0.5) is 11.8 Å². The number of hydrogen-bond acceptors (Lipinski definition) is 5. The number of anilines is 2. The second-order valence-corrected chi connectivity index (χ2v) is 5.71. The fourth-order valence-corrected chi connectivity index (χ4v) is 2.45. The maximum atomic E-state index is 4.56. The van der Waals surface area contributed by atoms with Crippen molar-refractivity contribution in [2.24, 2.45) is 0 Å². The maximum absolute atomic E-state index is 4.56. The van der Waals surface area contributed by atoms with Crippen LogP contribution in [0.5, 0.6) is 0 Å². The second kappa shape index (κ2) is 7.55. The van der Waals surface area contributed by atoms with Crippen LogP contribution in [0, 0.1) is 6.92 Å². The number of pyridine rings is 1. The SMILES string of the molecule is Cc1cc(NC(C)c2ccccc2)nc(NCc2cccnc2)n1. The van der Waals surface area contributed by atoms with Crippen LogP contribution in [-0.2, 0) is 6.54 Å². The van der Waals surface area contributed by atoms with Crippen LogP contribution in [0.15, 0.2) is 60.9 Å². The Balaban J connectivity index is 1.69. The molecule has 3 aromatic rings. The first-order valence-corrected chi connectivity index (χ1v) is 8.00. The normalized spacial score (nSPS) is 11.8. The van der Waals surface area contributed by atoms with E-state index in [1.54, 1.807) is 6.20 Å². The predicted molar refractivity (Wildman–Crippen MR) is 96.8 cm³/mol. The van der Waals surface area contributed by atoms with Gasteiger partial charge >= 0.3 is 0 Å². The van der Waals surface area contributed by atoms with Gasteiger partial charge in [-0.1, -0.05) is 36.4 Å². The fraction of sp³-hybridized carbons (Fsp3) is 0.211. The molecule has 0 fully saturated rings. The lowest BCUT2D eigenvalue weighted by molar-refractivity contribution is 0.869. The first-order valence-electron chi connectivity index (χ1n) is 8.00. The zero-order valence-corrected chi connectivity index (χ0v) is 13.9. The average Bonchev–Trinajstić information content (AvgIpc) is 2.61. The van der Waals surface area contributed by atoms with Gasteiger partial charge in [-0.3, -0.25) is 4.98 Å². The summed E-state index contributed by atoms with van der Waals surface area (Å²) < 4.78 is 0. The molecule has 1 aromatic carbocycles. The minimum Gasteiger partial charge on any atom is -0.363 e. The van der Waals surface area contributed by atoms with E-state index in [1.807, 2.05) is 49.5 Å². The molecular formula is C19H21N5. The maximum Gasteiger partial charge on any atom is 0.225 e. The molecule has 0 saturated carbocycles. The van der Waals surface area contributed by atoms with E-state index in [4.69, 9.17) is 0 Å². The summed E-state index contributed by atoms with van der Waals surface area (Å²) in [6, 6.07) is 16.4. The van der Waals surface area contributed by atoms with Crippen LogP contribution in [0.25, 0.3) is 0 Å². The Morgan fingerprint density at radius 1 is 1.04 bits per heavy atom. The molecule has 1 unspecified atom stereocenters. The summed E-state index contributed by atoms with van der Waals surface area (Å²) in [5, 5.41) is 6.69. The fourth-order valence-electron chi connectivity index (χ4n) is 2.45. The lowest BCUT2D eigenvalue weighted by atomic mass is 10.1. The highest BCUT2D eigenvalue weighted by Crippen LogP contribution is 2.19. The summed E-state index contributed by atoms with van der Waals surface area (Å²) in [6.07, 6.45) is 3.60. The van der Waals surface area contributed by atoms with E-state index in [-0.39, 0.29) is 6.04 Å². The summed E-state index contributed by atoms with van der Waals surface area (Å²) in [6.45, 7) is 4.73. The molecule has 0 aliphatic carbocycles. The lowest BCUT2D eigenvalue weighted by Gasteiger charge is -2.16. The summed E-state index contributed by atoms with van der Waals surface area (Å²) in [7, 11) is 0. The molecule has 1 atom stereocenters. The minimum absolute atomic E-state index is 0.173. The van der Waals surface area contributed by atoms with E-state index >= 15 is 0 Å². The molecule has 24 heavy (non-hydrogen) atoms. The van der Waals surface area contributed by atoms with Crippen molar-refractivity contribution in [2.75, 3.05) is 10.6 Å². The Kier molecular flexibility index (Phi) is 5.01. The standard InChI is InChI=1S/C19H21N5/c1-14-11-18(23-15(2)17-8-4-3-5-9-17)24-19(22-14)21-13-16-7-6-10-20-12-16/h3-12,15H,13H2,1-2H3,(H2,21,22,23,24). The van der Waals surface area contributed by atoms with Gasteiger partial charge in [-0.2, -0.15) is 4.98 Å². The predicted octanol–water partition coefficient (Wildman–Crippen LogP) is 3.97. The Hall–Kier alpha value is -2.95. The van der Waals surface area contributed by atoms with E-state index in [0.717, 1.165) is 17.1 Å². The molecule has 0 amide bonds. The number of benzene rings is 1. The number of nitrogens with one attached hydrogen (secondary N) is 2. The smallest absolute Gasteiger partial charge is 0.225 e. The molecule has 0 aliphatic heterocycles. The number of aryl methyl sites for hydroxylation is 1. The molecule has 0 radical (unpaired) electrons. The summed E-state index contributed by atoms with van der Waals surface area (Å²) in [4.78, 5) is 13.1. The summed E-state index contributed by atoms with van der Waals surface area (Å²) in [5.41, 5.74) is 3.23. The van der Waals surface area contributed by atoms with E-state index in [0.29, 0.717) is 12.5 Å². The van der Waals surface area contributed by atoms with Crippen LogP contribution >= 0.6 is 0 Å². The lowest BCUT2D eigenvalue weighted by Crippen LogP contribution is -2.11. The highest BCUT2D eigenvalue weighted by molar-refractivity contribution is 5.44. The van der Waals surface area contributed by atoms with E-state index in [1.165, 1.54) is 5.56 Å². The van der Waals surface area contributed by atoms with Gasteiger partial charge in [0.2, 0.25) is 5.95 Å². The number of aromatic nitrogens is 3. The van der Waals surface area contributed by atoms with E-state index in [9.17, 15) is 0 Å². The molecule has 0 spiro atoms. The summed E-state index contributed by atoms with van der Waals surface area (Å²) in [5.74, 6) is 1.43. The third-order valence-corrected chi connectivity index (χ3v) is 3.69. The van der Waals surface area contributed by atoms with Crippen LogP contribution in [-0.4, -0.2) is 15.0 Å². The highest BCUT2D eigenvalue weighted by atomic mass is 15.1. The Labute approximate surface area is 142 Å². The molecule has 0 saturated heterocycles. The van der Waals surface area contributed by atoms with Crippen molar-refractivity contribution >= 4 is 11.8 Å². The van der Waals surface area contributed by atoms with Crippen LogP contribution in [0.3, 0.4) is 0 Å². The quantitative estimate of drug-likeness (QED) is 0.720. The Morgan fingerprint density at radius 3 is 2.62 bits per heavy atom. The molecule has 0 aliphatic rings. The molecule has 5 heteroatoms. The van der Waals surface area contributed by atoms with Crippen molar-refractivity contribution < 1.29 is 0 Å². The van der Waals surface area contributed by atoms with Gasteiger partial charge in [-0.15, -0.1) is 0 Å². The number of hydrogen-bond donors (Lipinski definition) is 2. The van der Waals surface area contributed by atoms with Gasteiger partial charge in [0.15, 0.2) is 0 Å². The van der Waals surface area contributed by atoms with Gasteiger partial charge in [0.25, 0.3) is 0 Å². The molecular weight excluding hydrogens is 298 g/mol. The number of nitrogens with zero attached hydrogens (tertiary/aromatic N) is 3. The van der Waals surface area contributed by atoms with Gasteiger partial charge in [-0.25, -0.2) is 4.98 Å². The van der Waals surface area contributed by atoms with Gasteiger partial charge < -0.3 is 10.6 Å². The van der Waals surface area contributed by atoms with Gasteiger partial charge in [0.05, 0.1) is 0 Å². The largest absolute Gasteiger partial charge is 0.363 e. The van der Waals surface area contributed by atoms with E-state index < -0.39 is 0 Å². The van der Waals surface area contributed by atoms with Crippen LogP contribution < -0.4 is 10.6 Å². The van der Waals surface area contributed by atoms with Crippen LogP contribution in [0.2, 0.25) is 0 Å². The zero-order valence-electron chi connectivity index (χ0n) is 13.9. The van der Waals surface area contributed by atoms with Crippen molar-refractivity contribution in [1.82, 2.24) is 15.0 Å². The molecule has 0 bridgehead atoms. The number of rotatable bonds is 6. The minimum atomic E-state index is 0.173. The molecule has 2 heterocycles. The monoisotopic (exact) mass is 319 g/mol. The van der Waals surface area contributed by atoms with Crippen molar-refractivity contribution in [1.29, 1.82) is 0 Å². The van der Waals surface area contributed by atoms with Gasteiger partial charge in [0.1, 0.15) is 5.82 Å². The Bertz CT molecular complexity index is 774.